The van der Waals surface area contributed by atoms with Crippen LogP contribution >= 0.6 is 11.3 Å². The molecule has 2 heterocycles. The van der Waals surface area contributed by atoms with E-state index in [1.165, 1.54) is 45.7 Å². The Hall–Kier alpha value is -3.39. The summed E-state index contributed by atoms with van der Waals surface area (Å²) in [6.07, 6.45) is 0.920. The first-order valence-corrected chi connectivity index (χ1v) is 10.3. The second-order valence-electron chi connectivity index (χ2n) is 6.82. The Morgan fingerprint density at radius 1 is 1.10 bits per heavy atom. The van der Waals surface area contributed by atoms with Gasteiger partial charge in [-0.1, -0.05) is 31.2 Å². The molecule has 0 aliphatic rings. The quantitative estimate of drug-likeness (QED) is 0.524. The molecule has 0 spiro atoms. The predicted molar refractivity (Wildman–Crippen MR) is 116 cm³/mol. The molecule has 0 fully saturated rings. The van der Waals surface area contributed by atoms with Gasteiger partial charge in [-0.2, -0.15) is 4.98 Å². The molecule has 0 radical (unpaired) electrons. The van der Waals surface area contributed by atoms with E-state index in [-0.39, 0.29) is 6.54 Å². The zero-order valence-corrected chi connectivity index (χ0v) is 17.3. The number of benzene rings is 2. The van der Waals surface area contributed by atoms with Crippen molar-refractivity contribution in [2.24, 2.45) is 0 Å². The normalized spacial score (nSPS) is 11.0. The SMILES string of the molecule is CCc1ccc(-c2nc(=O)n(CC(=O)Nc3ccc(F)cc3)c3sc(C)nc23)cc1. The van der Waals surface area contributed by atoms with Crippen LogP contribution in [-0.2, 0) is 17.8 Å². The Labute approximate surface area is 176 Å². The Kier molecular flexibility index (Phi) is 5.41. The number of fused-ring (bicyclic) bond motifs is 1. The molecular weight excluding hydrogens is 403 g/mol. The molecule has 152 valence electrons. The molecule has 1 amide bonds. The summed E-state index contributed by atoms with van der Waals surface area (Å²) in [5.41, 5.74) is 3.03. The molecule has 6 nitrogen and oxygen atoms in total. The maximum Gasteiger partial charge on any atom is 0.349 e. The molecule has 0 unspecified atom stereocenters. The lowest BCUT2D eigenvalue weighted by molar-refractivity contribution is -0.116. The average molecular weight is 422 g/mol. The smallest absolute Gasteiger partial charge is 0.325 e. The van der Waals surface area contributed by atoms with E-state index in [1.54, 1.807) is 0 Å². The number of aromatic nitrogens is 3. The van der Waals surface area contributed by atoms with Crippen LogP contribution in [0.2, 0.25) is 0 Å². The molecule has 30 heavy (non-hydrogen) atoms. The number of nitrogens with zero attached hydrogens (tertiary/aromatic N) is 3. The van der Waals surface area contributed by atoms with Gasteiger partial charge in [0.1, 0.15) is 28.4 Å². The van der Waals surface area contributed by atoms with Gasteiger partial charge in [0.2, 0.25) is 5.91 Å². The van der Waals surface area contributed by atoms with E-state index >= 15 is 0 Å². The molecule has 2 aromatic heterocycles. The number of halogens is 1. The van der Waals surface area contributed by atoms with E-state index in [4.69, 9.17) is 0 Å². The highest BCUT2D eigenvalue weighted by atomic mass is 32.1. The lowest BCUT2D eigenvalue weighted by Crippen LogP contribution is -2.29. The van der Waals surface area contributed by atoms with Gasteiger partial charge < -0.3 is 5.32 Å². The van der Waals surface area contributed by atoms with Gasteiger partial charge in [0, 0.05) is 11.3 Å². The van der Waals surface area contributed by atoms with Gasteiger partial charge in [-0.25, -0.2) is 14.2 Å². The molecule has 0 aliphatic heterocycles. The summed E-state index contributed by atoms with van der Waals surface area (Å²) in [5.74, 6) is -0.796. The highest BCUT2D eigenvalue weighted by Gasteiger charge is 2.18. The van der Waals surface area contributed by atoms with Crippen molar-refractivity contribution < 1.29 is 9.18 Å². The number of thiazole rings is 1. The maximum atomic E-state index is 13.0. The Balaban J connectivity index is 1.70. The minimum absolute atomic E-state index is 0.212. The van der Waals surface area contributed by atoms with E-state index in [9.17, 15) is 14.0 Å². The van der Waals surface area contributed by atoms with Crippen LogP contribution < -0.4 is 11.0 Å². The standard InChI is InChI=1S/C22H19FN4O2S/c1-3-14-4-6-15(7-5-14)19-20-21(30-13(2)24-20)27(22(29)26-19)12-18(28)25-17-10-8-16(23)9-11-17/h4-11H,3,12H2,1-2H3,(H,25,28). The van der Waals surface area contributed by atoms with E-state index < -0.39 is 17.4 Å². The summed E-state index contributed by atoms with van der Waals surface area (Å²) in [6.45, 7) is 3.71. The molecule has 0 atom stereocenters. The first-order chi connectivity index (χ1) is 14.4. The fourth-order valence-corrected chi connectivity index (χ4v) is 4.07. The largest absolute Gasteiger partial charge is 0.349 e. The highest BCUT2D eigenvalue weighted by molar-refractivity contribution is 7.18. The molecule has 4 rings (SSSR count). The Morgan fingerprint density at radius 2 is 1.80 bits per heavy atom. The van der Waals surface area contributed by atoms with E-state index in [1.807, 2.05) is 31.2 Å². The zero-order chi connectivity index (χ0) is 21.3. The van der Waals surface area contributed by atoms with Gasteiger partial charge in [-0.05, 0) is 43.2 Å². The number of hydrogen-bond acceptors (Lipinski definition) is 5. The van der Waals surface area contributed by atoms with E-state index in [2.05, 4.69) is 22.2 Å². The summed E-state index contributed by atoms with van der Waals surface area (Å²) in [7, 11) is 0. The van der Waals surface area contributed by atoms with Crippen LogP contribution in [0.25, 0.3) is 21.6 Å². The summed E-state index contributed by atoms with van der Waals surface area (Å²) in [4.78, 5) is 34.7. The number of carbonyl (C=O) groups is 1. The van der Waals surface area contributed by atoms with Crippen LogP contribution in [0.1, 0.15) is 17.5 Å². The van der Waals surface area contributed by atoms with Crippen molar-refractivity contribution >= 4 is 33.3 Å². The molecule has 1 N–H and O–H groups in total. The second-order valence-corrected chi connectivity index (χ2v) is 8.00. The third kappa shape index (κ3) is 3.99. The summed E-state index contributed by atoms with van der Waals surface area (Å²) in [6, 6.07) is 13.3. The number of anilines is 1. The van der Waals surface area contributed by atoms with Gasteiger partial charge in [-0.15, -0.1) is 11.3 Å². The van der Waals surface area contributed by atoms with Crippen LogP contribution in [0.5, 0.6) is 0 Å². The van der Waals surface area contributed by atoms with Crippen LogP contribution in [-0.4, -0.2) is 20.4 Å². The minimum Gasteiger partial charge on any atom is -0.325 e. The molecule has 0 bridgehead atoms. The Bertz CT molecular complexity index is 1280. The van der Waals surface area contributed by atoms with Crippen molar-refractivity contribution in [3.05, 3.63) is 75.4 Å². The van der Waals surface area contributed by atoms with Crippen LogP contribution in [0, 0.1) is 12.7 Å². The number of carbonyl (C=O) groups excluding carboxylic acids is 1. The molecule has 2 aromatic carbocycles. The van der Waals surface area contributed by atoms with Crippen molar-refractivity contribution in [2.45, 2.75) is 26.8 Å². The molecule has 8 heteroatoms. The van der Waals surface area contributed by atoms with Crippen LogP contribution in [0.15, 0.2) is 53.3 Å². The van der Waals surface area contributed by atoms with Crippen molar-refractivity contribution in [2.75, 3.05) is 5.32 Å². The van der Waals surface area contributed by atoms with Crippen LogP contribution in [0.3, 0.4) is 0 Å². The zero-order valence-electron chi connectivity index (χ0n) is 16.5. The first kappa shape index (κ1) is 19.9. The molecule has 4 aromatic rings. The average Bonchev–Trinajstić information content (AvgIpc) is 3.13. The fraction of sp³-hybridized carbons (Fsp3) is 0.182. The topological polar surface area (TPSA) is 76.9 Å². The number of amides is 1. The Morgan fingerprint density at radius 3 is 2.47 bits per heavy atom. The van der Waals surface area contributed by atoms with Gasteiger partial charge in [0.05, 0.1) is 5.01 Å². The fourth-order valence-electron chi connectivity index (χ4n) is 3.17. The van der Waals surface area contributed by atoms with Gasteiger partial charge >= 0.3 is 5.69 Å². The summed E-state index contributed by atoms with van der Waals surface area (Å²) in [5, 5.41) is 3.44. The molecule has 0 aliphatic carbocycles. The third-order valence-corrected chi connectivity index (χ3v) is 5.68. The molecule has 0 saturated carbocycles. The van der Waals surface area contributed by atoms with Crippen LogP contribution in [0.4, 0.5) is 10.1 Å². The van der Waals surface area contributed by atoms with Crippen molar-refractivity contribution in [1.29, 1.82) is 0 Å². The minimum atomic E-state index is -0.519. The van der Waals surface area contributed by atoms with Crippen molar-refractivity contribution in [3.8, 4) is 11.3 Å². The number of nitrogens with one attached hydrogen (secondary N) is 1. The maximum absolute atomic E-state index is 13.0. The highest BCUT2D eigenvalue weighted by Crippen LogP contribution is 2.29. The van der Waals surface area contributed by atoms with Gasteiger partial charge in [-0.3, -0.25) is 9.36 Å². The summed E-state index contributed by atoms with van der Waals surface area (Å²) < 4.78 is 14.4. The number of hydrogen-bond donors (Lipinski definition) is 1. The second kappa shape index (κ2) is 8.16. The predicted octanol–water partition coefficient (Wildman–Crippen LogP) is 4.17. The van der Waals surface area contributed by atoms with Gasteiger partial charge in [0.25, 0.3) is 0 Å². The number of aryl methyl sites for hydroxylation is 2. The lowest BCUT2D eigenvalue weighted by Gasteiger charge is -2.10. The molecular formula is C22H19FN4O2S. The first-order valence-electron chi connectivity index (χ1n) is 9.47. The number of rotatable bonds is 5. The van der Waals surface area contributed by atoms with Crippen molar-refractivity contribution in [3.63, 3.8) is 0 Å². The van der Waals surface area contributed by atoms with Crippen molar-refractivity contribution in [1.82, 2.24) is 14.5 Å². The van der Waals surface area contributed by atoms with E-state index in [0.717, 1.165) is 17.0 Å². The molecule has 0 saturated heterocycles. The summed E-state index contributed by atoms with van der Waals surface area (Å²) >= 11 is 1.34. The lowest BCUT2D eigenvalue weighted by atomic mass is 10.1. The third-order valence-electron chi connectivity index (χ3n) is 4.69. The van der Waals surface area contributed by atoms with Gasteiger partial charge in [0.15, 0.2) is 0 Å². The monoisotopic (exact) mass is 422 g/mol. The van der Waals surface area contributed by atoms with E-state index in [0.29, 0.717) is 21.7 Å².